The lowest BCUT2D eigenvalue weighted by molar-refractivity contribution is -0.127. The Morgan fingerprint density at radius 2 is 2.24 bits per heavy atom. The van der Waals surface area contributed by atoms with Gasteiger partial charge in [0.15, 0.2) is 0 Å². The quantitative estimate of drug-likeness (QED) is 0.731. The molecule has 1 saturated carbocycles. The summed E-state index contributed by atoms with van der Waals surface area (Å²) in [4.78, 5) is 24.9. The van der Waals surface area contributed by atoms with Gasteiger partial charge in [-0.05, 0) is 24.7 Å². The lowest BCUT2D eigenvalue weighted by Crippen LogP contribution is -2.31. The van der Waals surface area contributed by atoms with Crippen LogP contribution in [0.1, 0.15) is 39.5 Å². The van der Waals surface area contributed by atoms with Crippen molar-refractivity contribution >= 4 is 11.8 Å². The summed E-state index contributed by atoms with van der Waals surface area (Å²) < 4.78 is 0. The van der Waals surface area contributed by atoms with Crippen LogP contribution in [0.25, 0.3) is 0 Å². The van der Waals surface area contributed by atoms with Crippen molar-refractivity contribution in [2.24, 2.45) is 11.3 Å². The summed E-state index contributed by atoms with van der Waals surface area (Å²) in [5.74, 6) is 0.651. The summed E-state index contributed by atoms with van der Waals surface area (Å²) in [5, 5.41) is 2.96. The van der Waals surface area contributed by atoms with Crippen LogP contribution in [0.5, 0.6) is 0 Å². The fourth-order valence-electron chi connectivity index (χ4n) is 2.46. The van der Waals surface area contributed by atoms with Gasteiger partial charge < -0.3 is 10.2 Å². The van der Waals surface area contributed by atoms with E-state index in [1.54, 1.807) is 0 Å². The second-order valence-electron chi connectivity index (χ2n) is 5.87. The average Bonchev–Trinajstić information content (AvgIpc) is 2.71. The normalized spacial score (nSPS) is 26.1. The first-order valence-electron chi connectivity index (χ1n) is 6.56. The molecular formula is C13H22N2O2. The van der Waals surface area contributed by atoms with Crippen LogP contribution >= 0.6 is 0 Å². The number of carbonyl (C=O) groups is 2. The Balaban J connectivity index is 1.57. The van der Waals surface area contributed by atoms with Crippen LogP contribution in [-0.4, -0.2) is 36.3 Å². The minimum absolute atomic E-state index is 0.183. The molecule has 2 aliphatic rings. The lowest BCUT2D eigenvalue weighted by Gasteiger charge is -2.15. The molecule has 1 atom stereocenters. The van der Waals surface area contributed by atoms with Gasteiger partial charge in [-0.3, -0.25) is 9.59 Å². The SMILES string of the molecule is CC1(C)CC1C(=O)NCCCN1CCCC1=O. The van der Waals surface area contributed by atoms with Crippen LogP contribution in [0, 0.1) is 11.3 Å². The van der Waals surface area contributed by atoms with E-state index >= 15 is 0 Å². The second kappa shape index (κ2) is 4.67. The highest BCUT2D eigenvalue weighted by Gasteiger charge is 2.50. The molecule has 1 heterocycles. The summed E-state index contributed by atoms with van der Waals surface area (Å²) in [6.07, 6.45) is 3.55. The Hall–Kier alpha value is -1.06. The van der Waals surface area contributed by atoms with Gasteiger partial charge in [0, 0.05) is 32.0 Å². The van der Waals surface area contributed by atoms with Gasteiger partial charge in [0.1, 0.15) is 0 Å². The van der Waals surface area contributed by atoms with Crippen LogP contribution in [0.2, 0.25) is 0 Å². The fourth-order valence-corrected chi connectivity index (χ4v) is 2.46. The van der Waals surface area contributed by atoms with Crippen molar-refractivity contribution in [2.45, 2.75) is 39.5 Å². The predicted octanol–water partition coefficient (Wildman–Crippen LogP) is 1.16. The van der Waals surface area contributed by atoms with Crippen molar-refractivity contribution < 1.29 is 9.59 Å². The third-order valence-corrected chi connectivity index (χ3v) is 3.91. The zero-order valence-electron chi connectivity index (χ0n) is 10.8. The molecule has 4 nitrogen and oxygen atoms in total. The average molecular weight is 238 g/mol. The molecule has 1 unspecified atom stereocenters. The van der Waals surface area contributed by atoms with Crippen molar-refractivity contribution in [3.8, 4) is 0 Å². The first-order chi connectivity index (χ1) is 8.00. The van der Waals surface area contributed by atoms with Gasteiger partial charge >= 0.3 is 0 Å². The minimum Gasteiger partial charge on any atom is -0.356 e. The van der Waals surface area contributed by atoms with E-state index in [1.807, 2.05) is 4.90 Å². The number of likely N-dealkylation sites (tertiary alicyclic amines) is 1. The highest BCUT2D eigenvalue weighted by molar-refractivity contribution is 5.82. The molecule has 1 N–H and O–H groups in total. The molecule has 1 aliphatic carbocycles. The summed E-state index contributed by atoms with van der Waals surface area (Å²) in [6, 6.07) is 0. The van der Waals surface area contributed by atoms with Crippen LogP contribution in [0.15, 0.2) is 0 Å². The number of amides is 2. The Morgan fingerprint density at radius 3 is 2.76 bits per heavy atom. The Morgan fingerprint density at radius 1 is 1.53 bits per heavy atom. The summed E-state index contributed by atoms with van der Waals surface area (Å²) >= 11 is 0. The number of hydrogen-bond acceptors (Lipinski definition) is 2. The monoisotopic (exact) mass is 238 g/mol. The first-order valence-corrected chi connectivity index (χ1v) is 6.56. The maximum atomic E-state index is 11.7. The standard InChI is InChI=1S/C13H22N2O2/c1-13(2)9-10(13)12(17)14-6-4-8-15-7-3-5-11(15)16/h10H,3-9H2,1-2H3,(H,14,17). The largest absolute Gasteiger partial charge is 0.356 e. The van der Waals surface area contributed by atoms with Crippen molar-refractivity contribution in [1.82, 2.24) is 10.2 Å². The van der Waals surface area contributed by atoms with Crippen molar-refractivity contribution in [2.75, 3.05) is 19.6 Å². The lowest BCUT2D eigenvalue weighted by atomic mass is 10.1. The predicted molar refractivity (Wildman–Crippen MR) is 65.3 cm³/mol. The van der Waals surface area contributed by atoms with Gasteiger partial charge in [-0.1, -0.05) is 13.8 Å². The molecule has 17 heavy (non-hydrogen) atoms. The molecule has 0 aromatic heterocycles. The van der Waals surface area contributed by atoms with E-state index in [9.17, 15) is 9.59 Å². The minimum atomic E-state index is 0.183. The summed E-state index contributed by atoms with van der Waals surface area (Å²) in [5.41, 5.74) is 0.203. The first kappa shape index (κ1) is 12.4. The van der Waals surface area contributed by atoms with E-state index in [1.165, 1.54) is 0 Å². The van der Waals surface area contributed by atoms with E-state index in [4.69, 9.17) is 0 Å². The van der Waals surface area contributed by atoms with Gasteiger partial charge in [0.2, 0.25) is 11.8 Å². The molecule has 0 bridgehead atoms. The zero-order chi connectivity index (χ0) is 12.5. The molecular weight excluding hydrogens is 216 g/mol. The molecule has 0 radical (unpaired) electrons. The van der Waals surface area contributed by atoms with Crippen LogP contribution in [-0.2, 0) is 9.59 Å². The number of rotatable bonds is 5. The number of hydrogen-bond donors (Lipinski definition) is 1. The van der Waals surface area contributed by atoms with E-state index in [0.29, 0.717) is 13.0 Å². The Bertz CT molecular complexity index is 325. The van der Waals surface area contributed by atoms with Crippen LogP contribution in [0.4, 0.5) is 0 Å². The van der Waals surface area contributed by atoms with Gasteiger partial charge in [0.25, 0.3) is 0 Å². The highest BCUT2D eigenvalue weighted by atomic mass is 16.2. The molecule has 2 rings (SSSR count). The molecule has 4 heteroatoms. The van der Waals surface area contributed by atoms with Gasteiger partial charge in [0.05, 0.1) is 0 Å². The van der Waals surface area contributed by atoms with Crippen LogP contribution < -0.4 is 5.32 Å². The van der Waals surface area contributed by atoms with E-state index in [2.05, 4.69) is 19.2 Å². The van der Waals surface area contributed by atoms with Gasteiger partial charge in [-0.15, -0.1) is 0 Å². The summed E-state index contributed by atoms with van der Waals surface area (Å²) in [7, 11) is 0. The van der Waals surface area contributed by atoms with E-state index in [0.717, 1.165) is 32.4 Å². The molecule has 1 saturated heterocycles. The molecule has 2 amide bonds. The van der Waals surface area contributed by atoms with E-state index < -0.39 is 0 Å². The zero-order valence-corrected chi connectivity index (χ0v) is 10.8. The maximum Gasteiger partial charge on any atom is 0.223 e. The third kappa shape index (κ3) is 2.99. The number of nitrogens with one attached hydrogen (secondary N) is 1. The molecule has 0 aromatic rings. The van der Waals surface area contributed by atoms with Crippen LogP contribution in [0.3, 0.4) is 0 Å². The molecule has 0 spiro atoms. The molecule has 96 valence electrons. The smallest absolute Gasteiger partial charge is 0.223 e. The fraction of sp³-hybridized carbons (Fsp3) is 0.846. The van der Waals surface area contributed by atoms with Crippen molar-refractivity contribution in [3.05, 3.63) is 0 Å². The molecule has 0 aromatic carbocycles. The van der Waals surface area contributed by atoms with E-state index in [-0.39, 0.29) is 23.1 Å². The third-order valence-electron chi connectivity index (χ3n) is 3.91. The van der Waals surface area contributed by atoms with Crippen molar-refractivity contribution in [1.29, 1.82) is 0 Å². The summed E-state index contributed by atoms with van der Waals surface area (Å²) in [6.45, 7) is 6.62. The maximum absolute atomic E-state index is 11.7. The Labute approximate surface area is 103 Å². The molecule has 2 fully saturated rings. The number of carbonyl (C=O) groups excluding carboxylic acids is 2. The van der Waals surface area contributed by atoms with Gasteiger partial charge in [-0.2, -0.15) is 0 Å². The molecule has 1 aliphatic heterocycles. The Kier molecular flexibility index (Phi) is 3.40. The topological polar surface area (TPSA) is 49.4 Å². The highest BCUT2D eigenvalue weighted by Crippen LogP contribution is 2.51. The number of nitrogens with zero attached hydrogens (tertiary/aromatic N) is 1. The van der Waals surface area contributed by atoms with Crippen molar-refractivity contribution in [3.63, 3.8) is 0 Å². The van der Waals surface area contributed by atoms with Gasteiger partial charge in [-0.25, -0.2) is 0 Å². The second-order valence-corrected chi connectivity index (χ2v) is 5.87.